The largest absolute Gasteiger partial charge is 0.594 e. The van der Waals surface area contributed by atoms with Gasteiger partial charge >= 0.3 is 5.69 Å². The Hall–Kier alpha value is -3.91. The van der Waals surface area contributed by atoms with Crippen LogP contribution in [-0.4, -0.2) is 37.3 Å². The molecule has 0 spiro atoms. The van der Waals surface area contributed by atoms with Crippen LogP contribution >= 0.6 is 11.3 Å². The molecule has 1 amide bonds. The highest BCUT2D eigenvalue weighted by atomic mass is 32.1. The van der Waals surface area contributed by atoms with Gasteiger partial charge in [0.05, 0.1) is 23.9 Å². The zero-order chi connectivity index (χ0) is 24.4. The van der Waals surface area contributed by atoms with Gasteiger partial charge in [0.15, 0.2) is 0 Å². The number of ether oxygens (including phenoxy) is 1. The molecule has 4 aromatic rings. The second-order valence-corrected chi connectivity index (χ2v) is 8.34. The molecular formula is C21H20N6O6S. The fraction of sp³-hybridized carbons (Fsp3) is 0.190. The van der Waals surface area contributed by atoms with E-state index in [0.29, 0.717) is 16.3 Å². The van der Waals surface area contributed by atoms with Gasteiger partial charge < -0.3 is 15.3 Å². The lowest BCUT2D eigenvalue weighted by Gasteiger charge is -2.11. The van der Waals surface area contributed by atoms with Gasteiger partial charge in [-0.15, -0.1) is 11.3 Å². The van der Waals surface area contributed by atoms with Gasteiger partial charge in [-0.05, 0) is 29.3 Å². The van der Waals surface area contributed by atoms with Crippen LogP contribution in [0.2, 0.25) is 0 Å². The van der Waals surface area contributed by atoms with Crippen LogP contribution in [0.1, 0.15) is 20.8 Å². The third-order valence-corrected chi connectivity index (χ3v) is 6.29. The van der Waals surface area contributed by atoms with Crippen LogP contribution in [0.3, 0.4) is 0 Å². The van der Waals surface area contributed by atoms with Crippen molar-refractivity contribution < 1.29 is 20.0 Å². The number of thiophene rings is 1. The molecule has 0 saturated heterocycles. The minimum absolute atomic E-state index is 0.0877. The van der Waals surface area contributed by atoms with Crippen LogP contribution in [0.25, 0.3) is 10.2 Å². The summed E-state index contributed by atoms with van der Waals surface area (Å²) in [6, 6.07) is 7.70. The first-order chi connectivity index (χ1) is 16.3. The second-order valence-electron chi connectivity index (χ2n) is 7.31. The number of nitrogens with one attached hydrogen (secondary N) is 2. The van der Waals surface area contributed by atoms with Gasteiger partial charge in [0.2, 0.25) is 5.88 Å². The summed E-state index contributed by atoms with van der Waals surface area (Å²) in [5.74, 6) is -0.0982. The van der Waals surface area contributed by atoms with E-state index in [4.69, 9.17) is 9.94 Å². The molecule has 0 aliphatic rings. The molecule has 4 aromatic heterocycles. The van der Waals surface area contributed by atoms with Crippen molar-refractivity contribution in [2.75, 3.05) is 7.11 Å². The van der Waals surface area contributed by atoms with Crippen LogP contribution in [0.4, 0.5) is 5.82 Å². The Morgan fingerprint density at radius 2 is 2.03 bits per heavy atom. The first-order valence-corrected chi connectivity index (χ1v) is 10.8. The lowest BCUT2D eigenvalue weighted by atomic mass is 10.2. The molecule has 0 fully saturated rings. The van der Waals surface area contributed by atoms with E-state index < -0.39 is 16.5 Å². The van der Waals surface area contributed by atoms with Gasteiger partial charge in [0.1, 0.15) is 4.83 Å². The summed E-state index contributed by atoms with van der Waals surface area (Å²) in [5, 5.41) is 21.8. The molecule has 3 N–H and O–H groups in total. The predicted octanol–water partition coefficient (Wildman–Crippen LogP) is -0.0580. The molecule has 0 aliphatic heterocycles. The Bertz CT molecular complexity index is 1470. The monoisotopic (exact) mass is 484 g/mol. The van der Waals surface area contributed by atoms with Gasteiger partial charge in [0, 0.05) is 38.1 Å². The van der Waals surface area contributed by atoms with Gasteiger partial charge in [-0.2, -0.15) is 5.23 Å². The summed E-state index contributed by atoms with van der Waals surface area (Å²) in [6.45, 7) is 0.143. The van der Waals surface area contributed by atoms with Crippen molar-refractivity contribution in [2.24, 2.45) is 7.05 Å². The Labute approximate surface area is 195 Å². The van der Waals surface area contributed by atoms with Crippen molar-refractivity contribution >= 4 is 33.3 Å². The van der Waals surface area contributed by atoms with Gasteiger partial charge in [-0.3, -0.25) is 18.7 Å². The summed E-state index contributed by atoms with van der Waals surface area (Å²) >= 11 is 1.05. The molecule has 4 heterocycles. The summed E-state index contributed by atoms with van der Waals surface area (Å²) in [4.78, 5) is 47.1. The average Bonchev–Trinajstić information content (AvgIpc) is 3.30. The van der Waals surface area contributed by atoms with E-state index in [0.717, 1.165) is 21.5 Å². The number of aromatic nitrogens is 4. The maximum absolute atomic E-state index is 13.1. The first kappa shape index (κ1) is 23.3. The lowest BCUT2D eigenvalue weighted by molar-refractivity contribution is -0.993. The number of hydrogen-bond acceptors (Lipinski definition) is 9. The van der Waals surface area contributed by atoms with E-state index in [9.17, 15) is 19.6 Å². The molecule has 1 unspecified atom stereocenters. The van der Waals surface area contributed by atoms with Crippen molar-refractivity contribution in [3.05, 3.63) is 84.8 Å². The quantitative estimate of drug-likeness (QED) is 0.308. The van der Waals surface area contributed by atoms with E-state index in [1.54, 1.807) is 18.3 Å². The zero-order valence-corrected chi connectivity index (χ0v) is 19.0. The molecule has 0 radical (unpaired) electrons. The van der Waals surface area contributed by atoms with Crippen molar-refractivity contribution in [1.82, 2.24) is 24.4 Å². The van der Waals surface area contributed by atoms with Crippen molar-refractivity contribution in [3.63, 3.8) is 0 Å². The van der Waals surface area contributed by atoms with Crippen molar-refractivity contribution in [1.29, 1.82) is 0 Å². The maximum Gasteiger partial charge on any atom is 0.332 e. The third-order valence-electron chi connectivity index (χ3n) is 5.08. The van der Waals surface area contributed by atoms with Crippen LogP contribution in [0.15, 0.2) is 52.3 Å². The lowest BCUT2D eigenvalue weighted by Crippen LogP contribution is -2.99. The first-order valence-electron chi connectivity index (χ1n) is 9.97. The second kappa shape index (κ2) is 9.52. The number of amides is 1. The Kier molecular flexibility index (Phi) is 6.51. The molecular weight excluding hydrogens is 464 g/mol. The molecule has 34 heavy (non-hydrogen) atoms. The number of hydrogen-bond donors (Lipinski definition) is 3. The number of pyridine rings is 2. The summed E-state index contributed by atoms with van der Waals surface area (Å²) in [7, 11) is 3.02. The van der Waals surface area contributed by atoms with E-state index in [1.807, 2.05) is 0 Å². The van der Waals surface area contributed by atoms with Crippen molar-refractivity contribution in [2.45, 2.75) is 13.1 Å². The molecule has 4 rings (SSSR count). The number of nitrogens with zero attached hydrogens (tertiary/aromatic N) is 4. The summed E-state index contributed by atoms with van der Waals surface area (Å²) < 4.78 is 7.41. The van der Waals surface area contributed by atoms with Crippen LogP contribution in [0.5, 0.6) is 5.88 Å². The van der Waals surface area contributed by atoms with Crippen molar-refractivity contribution in [3.8, 4) is 5.88 Å². The molecule has 0 aliphatic carbocycles. The van der Waals surface area contributed by atoms with E-state index in [-0.39, 0.29) is 35.1 Å². The SMILES string of the molecule is COc1cc(CNC(=O)c2cc3c(=O)n(Cc4ccc([NH+]([O-])O)nc4)c(=O)n(C)c3s2)ccn1. The molecule has 176 valence electrons. The zero-order valence-electron chi connectivity index (χ0n) is 18.1. The van der Waals surface area contributed by atoms with Crippen LogP contribution in [-0.2, 0) is 20.1 Å². The topological polar surface area (TPSA) is 156 Å². The number of carbonyl (C=O) groups excluding carboxylic acids is 1. The van der Waals surface area contributed by atoms with Gasteiger partial charge in [-0.1, -0.05) is 0 Å². The number of fused-ring (bicyclic) bond motifs is 1. The highest BCUT2D eigenvalue weighted by Gasteiger charge is 2.18. The molecule has 12 nitrogen and oxygen atoms in total. The third kappa shape index (κ3) is 4.58. The predicted molar refractivity (Wildman–Crippen MR) is 122 cm³/mol. The van der Waals surface area contributed by atoms with E-state index >= 15 is 0 Å². The number of carbonyl (C=O) groups is 1. The Morgan fingerprint density at radius 3 is 2.71 bits per heavy atom. The fourth-order valence-electron chi connectivity index (χ4n) is 3.30. The summed E-state index contributed by atoms with van der Waals surface area (Å²) in [5.41, 5.74) is 0.176. The smallest absolute Gasteiger partial charge is 0.332 e. The minimum Gasteiger partial charge on any atom is -0.594 e. The Morgan fingerprint density at radius 1 is 1.24 bits per heavy atom. The fourth-order valence-corrected chi connectivity index (χ4v) is 4.33. The normalized spacial score (nSPS) is 12.0. The highest BCUT2D eigenvalue weighted by Crippen LogP contribution is 2.22. The molecule has 0 aromatic carbocycles. The number of aryl methyl sites for hydroxylation is 1. The van der Waals surface area contributed by atoms with Gasteiger partial charge in [0.25, 0.3) is 17.3 Å². The standard InChI is InChI=1S/C21H20N6O6S/c1-25-20-14(8-15(34-20)18(28)24-9-12-5-6-22-17(7-12)33-2)19(29)26(21(25)30)11-13-3-4-16(23-10-13)27(31)32/h3-8,10,27,31H,9,11H2,1-2H3,(H,24,28). The number of methoxy groups -OCH3 is 1. The highest BCUT2D eigenvalue weighted by molar-refractivity contribution is 7.20. The van der Waals surface area contributed by atoms with Gasteiger partial charge in [-0.25, -0.2) is 20.0 Å². The minimum atomic E-state index is -1.17. The van der Waals surface area contributed by atoms with E-state index in [2.05, 4.69) is 15.3 Å². The van der Waals surface area contributed by atoms with Crippen LogP contribution in [0, 0.1) is 5.21 Å². The molecule has 0 bridgehead atoms. The maximum atomic E-state index is 13.1. The number of quaternary nitrogens is 1. The summed E-state index contributed by atoms with van der Waals surface area (Å²) in [6.07, 6.45) is 2.88. The molecule has 13 heteroatoms. The molecule has 0 saturated carbocycles. The van der Waals surface area contributed by atoms with E-state index in [1.165, 1.54) is 43.1 Å². The number of rotatable bonds is 7. The molecule has 1 atom stereocenters. The Balaban J connectivity index is 1.61. The van der Waals surface area contributed by atoms with Crippen LogP contribution < -0.4 is 26.5 Å². The average molecular weight is 484 g/mol.